The molecule has 4 N–H and O–H groups in total. The van der Waals surface area contributed by atoms with Gasteiger partial charge in [-0.2, -0.15) is 0 Å². The number of benzene rings is 3. The van der Waals surface area contributed by atoms with E-state index < -0.39 is 24.3 Å². The number of likely N-dealkylation sites (tertiary alicyclic amines) is 2. The summed E-state index contributed by atoms with van der Waals surface area (Å²) in [4.78, 5) is 72.8. The number of carbonyl (C=O) groups excluding carboxylic acids is 4. The van der Waals surface area contributed by atoms with E-state index in [1.807, 2.05) is 49.8 Å². The maximum Gasteiger partial charge on any atom is 0.407 e. The molecule has 8 rings (SSSR count). The summed E-state index contributed by atoms with van der Waals surface area (Å²) in [5.74, 6) is 0.928. The molecule has 15 heteroatoms. The van der Waals surface area contributed by atoms with Gasteiger partial charge in [-0.05, 0) is 83.6 Å². The Hall–Kier alpha value is -5.96. The van der Waals surface area contributed by atoms with Crippen molar-refractivity contribution in [2.45, 2.75) is 84.0 Å². The first-order chi connectivity index (χ1) is 29.4. The SMILES string of the molecule is COC(=O)N[C@H](C(=O)N1CC2(CCOCC2)C[C@H]1c1ncc(-c2ccc(-c3ccc4c(ccc5nc([C@@H]6CCCN6C(=O)[C@@H](NC(=O)OC)C(C)C)[nH]c54)c3)cc2)[nH]1)C(C)C. The Labute approximate surface area is 355 Å². The average molecular weight is 833 g/mol. The Balaban J connectivity index is 1.01. The van der Waals surface area contributed by atoms with E-state index in [2.05, 4.69) is 69.1 Å². The lowest BCUT2D eigenvalue weighted by Crippen LogP contribution is -2.51. The Morgan fingerprint density at radius 2 is 1.43 bits per heavy atom. The van der Waals surface area contributed by atoms with Crippen molar-refractivity contribution in [3.05, 3.63) is 72.4 Å². The summed E-state index contributed by atoms with van der Waals surface area (Å²) in [7, 11) is 2.60. The van der Waals surface area contributed by atoms with Crippen molar-refractivity contribution in [3.8, 4) is 22.4 Å². The number of methoxy groups -OCH3 is 2. The van der Waals surface area contributed by atoms with Gasteiger partial charge in [0.15, 0.2) is 0 Å². The van der Waals surface area contributed by atoms with E-state index in [-0.39, 0.29) is 41.1 Å². The van der Waals surface area contributed by atoms with E-state index in [4.69, 9.17) is 24.2 Å². The topological polar surface area (TPSA) is 184 Å². The maximum absolute atomic E-state index is 14.2. The van der Waals surface area contributed by atoms with Crippen molar-refractivity contribution in [1.29, 1.82) is 0 Å². The first-order valence-corrected chi connectivity index (χ1v) is 21.3. The number of H-pyrrole nitrogens is 2. The van der Waals surface area contributed by atoms with Crippen LogP contribution in [0.1, 0.15) is 83.5 Å². The van der Waals surface area contributed by atoms with Gasteiger partial charge in [-0.15, -0.1) is 0 Å². The lowest BCUT2D eigenvalue weighted by Gasteiger charge is -2.34. The van der Waals surface area contributed by atoms with Crippen LogP contribution in [-0.4, -0.2) is 106 Å². The van der Waals surface area contributed by atoms with Crippen LogP contribution in [0.3, 0.4) is 0 Å². The highest BCUT2D eigenvalue weighted by Gasteiger charge is 2.49. The molecule has 0 radical (unpaired) electrons. The van der Waals surface area contributed by atoms with Crippen LogP contribution in [0, 0.1) is 17.3 Å². The van der Waals surface area contributed by atoms with Gasteiger partial charge < -0.3 is 44.6 Å². The number of fused-ring (bicyclic) bond motifs is 3. The van der Waals surface area contributed by atoms with Gasteiger partial charge in [0, 0.05) is 31.7 Å². The van der Waals surface area contributed by atoms with Gasteiger partial charge in [0.2, 0.25) is 11.8 Å². The molecule has 0 unspecified atom stereocenters. The molecule has 4 amide bonds. The smallest absolute Gasteiger partial charge is 0.407 e. The van der Waals surface area contributed by atoms with Crippen LogP contribution in [0.4, 0.5) is 9.59 Å². The molecule has 3 fully saturated rings. The largest absolute Gasteiger partial charge is 0.453 e. The first kappa shape index (κ1) is 41.8. The molecule has 61 heavy (non-hydrogen) atoms. The highest BCUT2D eigenvalue weighted by Crippen LogP contribution is 2.49. The number of aromatic amines is 2. The monoisotopic (exact) mass is 832 g/mol. The molecular weight excluding hydrogens is 777 g/mol. The van der Waals surface area contributed by atoms with Gasteiger partial charge in [-0.25, -0.2) is 19.6 Å². The predicted molar refractivity (Wildman–Crippen MR) is 230 cm³/mol. The van der Waals surface area contributed by atoms with Crippen molar-refractivity contribution in [3.63, 3.8) is 0 Å². The van der Waals surface area contributed by atoms with Gasteiger partial charge in [0.1, 0.15) is 23.7 Å². The number of imidazole rings is 2. The molecule has 3 aromatic carbocycles. The van der Waals surface area contributed by atoms with Gasteiger partial charge in [0.05, 0.1) is 49.2 Å². The molecule has 322 valence electrons. The zero-order valence-corrected chi connectivity index (χ0v) is 35.7. The molecule has 1 spiro atoms. The molecule has 3 saturated heterocycles. The average Bonchev–Trinajstić information content (AvgIpc) is 4.10. The minimum atomic E-state index is -0.730. The molecule has 3 aliphatic heterocycles. The number of hydrogen-bond acceptors (Lipinski definition) is 9. The van der Waals surface area contributed by atoms with Crippen molar-refractivity contribution in [2.24, 2.45) is 17.3 Å². The molecule has 0 bridgehead atoms. The zero-order valence-electron chi connectivity index (χ0n) is 35.7. The molecule has 2 aromatic heterocycles. The van der Waals surface area contributed by atoms with Gasteiger partial charge in [0.25, 0.3) is 0 Å². The van der Waals surface area contributed by atoms with Crippen LogP contribution < -0.4 is 10.6 Å². The van der Waals surface area contributed by atoms with Crippen molar-refractivity contribution in [2.75, 3.05) is 40.5 Å². The lowest BCUT2D eigenvalue weighted by molar-refractivity contribution is -0.136. The third-order valence-electron chi connectivity index (χ3n) is 12.9. The highest BCUT2D eigenvalue weighted by atomic mass is 16.5. The van der Waals surface area contributed by atoms with Crippen LogP contribution in [-0.2, 0) is 23.8 Å². The van der Waals surface area contributed by atoms with Gasteiger partial charge in [-0.3, -0.25) is 9.59 Å². The lowest BCUT2D eigenvalue weighted by atomic mass is 9.78. The number of hydrogen-bond donors (Lipinski definition) is 4. The van der Waals surface area contributed by atoms with Crippen LogP contribution in [0.2, 0.25) is 0 Å². The van der Waals surface area contributed by atoms with Gasteiger partial charge in [-0.1, -0.05) is 70.2 Å². The van der Waals surface area contributed by atoms with E-state index in [0.29, 0.717) is 26.3 Å². The Kier molecular flexibility index (Phi) is 11.8. The second-order valence-corrected chi connectivity index (χ2v) is 17.5. The third-order valence-corrected chi connectivity index (χ3v) is 12.9. The Morgan fingerprint density at radius 3 is 2.08 bits per heavy atom. The summed E-state index contributed by atoms with van der Waals surface area (Å²) in [6.45, 7) is 10.1. The molecule has 0 aliphatic carbocycles. The van der Waals surface area contributed by atoms with Crippen molar-refractivity contribution in [1.82, 2.24) is 40.4 Å². The Bertz CT molecular complexity index is 2420. The molecule has 0 saturated carbocycles. The van der Waals surface area contributed by atoms with Crippen molar-refractivity contribution < 1.29 is 33.4 Å². The summed E-state index contributed by atoms with van der Waals surface area (Å²) in [6.07, 6.45) is 4.68. The van der Waals surface area contributed by atoms with E-state index in [1.165, 1.54) is 14.2 Å². The molecule has 5 heterocycles. The second kappa shape index (κ2) is 17.2. The molecule has 4 atom stereocenters. The second-order valence-electron chi connectivity index (χ2n) is 17.5. The quantitative estimate of drug-likeness (QED) is 0.112. The molecular formula is C46H56N8O7. The number of ether oxygens (including phenoxy) is 3. The predicted octanol–water partition coefficient (Wildman–Crippen LogP) is 7.27. The fourth-order valence-corrected chi connectivity index (χ4v) is 9.43. The summed E-state index contributed by atoms with van der Waals surface area (Å²) < 4.78 is 15.4. The summed E-state index contributed by atoms with van der Waals surface area (Å²) in [5.41, 5.74) is 5.62. The van der Waals surface area contributed by atoms with Crippen LogP contribution in [0.25, 0.3) is 44.2 Å². The standard InChI is InChI=1S/C46H56N8O7/c1-26(2)37(51-44(57)59-5)42(55)53-19-7-8-35(53)41-48-33-16-14-31-22-30(13-15-32(31)39(33)50-41)28-9-11-29(12-10-28)34-24-47-40(49-34)36-23-46(17-20-61-21-18-46)25-54(36)43(56)38(27(3)4)52-45(58)60-6/h9-16,22,24,26-27,35-38H,7-8,17-21,23,25H2,1-6H3,(H,47,49)(H,48,50)(H,51,57)(H,52,58)/t35-,36-,37-,38-/m0/s1. The van der Waals surface area contributed by atoms with E-state index >= 15 is 0 Å². The third kappa shape index (κ3) is 8.27. The minimum Gasteiger partial charge on any atom is -0.453 e. The minimum absolute atomic E-state index is 0.0776. The maximum atomic E-state index is 14.2. The fraction of sp³-hybridized carbons (Fsp3) is 0.478. The normalized spacial score (nSPS) is 19.8. The highest BCUT2D eigenvalue weighted by molar-refractivity contribution is 6.05. The van der Waals surface area contributed by atoms with Crippen molar-refractivity contribution >= 4 is 45.8 Å². The summed E-state index contributed by atoms with van der Waals surface area (Å²) in [6, 6.07) is 16.9. The van der Waals surface area contributed by atoms with Gasteiger partial charge >= 0.3 is 12.2 Å². The summed E-state index contributed by atoms with van der Waals surface area (Å²) >= 11 is 0. The molecule has 5 aromatic rings. The number of amides is 4. The fourth-order valence-electron chi connectivity index (χ4n) is 9.43. The van der Waals surface area contributed by atoms with E-state index in [0.717, 1.165) is 87.9 Å². The van der Waals surface area contributed by atoms with Crippen LogP contribution in [0.5, 0.6) is 0 Å². The van der Waals surface area contributed by atoms with Crippen LogP contribution >= 0.6 is 0 Å². The van der Waals surface area contributed by atoms with Crippen LogP contribution in [0.15, 0.2) is 60.8 Å². The Morgan fingerprint density at radius 1 is 0.787 bits per heavy atom. The summed E-state index contributed by atoms with van der Waals surface area (Å²) in [5, 5.41) is 7.58. The number of aromatic nitrogens is 4. The zero-order chi connectivity index (χ0) is 43.0. The van der Waals surface area contributed by atoms with E-state index in [9.17, 15) is 19.2 Å². The number of nitrogens with zero attached hydrogens (tertiary/aromatic N) is 4. The number of rotatable bonds is 10. The first-order valence-electron chi connectivity index (χ1n) is 21.3. The number of alkyl carbamates (subject to hydrolysis) is 2. The molecule has 15 nitrogen and oxygen atoms in total. The number of carbonyl (C=O) groups is 4. The van der Waals surface area contributed by atoms with E-state index in [1.54, 1.807) is 0 Å². The molecule has 3 aliphatic rings. The number of nitrogens with one attached hydrogen (secondary N) is 4.